The summed E-state index contributed by atoms with van der Waals surface area (Å²) in [7, 11) is 6.36. The number of benzene rings is 1. The lowest BCUT2D eigenvalue weighted by atomic mass is 9.95. The largest absolute Gasteiger partial charge is 0.493 e. The minimum absolute atomic E-state index is 0.0474. The summed E-state index contributed by atoms with van der Waals surface area (Å²) in [5.41, 5.74) is 3.60. The second kappa shape index (κ2) is 15.9. The first-order valence-electron chi connectivity index (χ1n) is 14.1. The number of hydrogen-bond acceptors (Lipinski definition) is 8. The van der Waals surface area contributed by atoms with Crippen LogP contribution in [0.15, 0.2) is 29.1 Å². The van der Waals surface area contributed by atoms with Gasteiger partial charge in [0.2, 0.25) is 23.0 Å². The van der Waals surface area contributed by atoms with E-state index in [1.807, 2.05) is 12.1 Å². The molecule has 3 rings (SSSR count). The van der Waals surface area contributed by atoms with E-state index in [2.05, 4.69) is 16.0 Å². The van der Waals surface area contributed by atoms with Crippen LogP contribution in [0.5, 0.6) is 17.2 Å². The van der Waals surface area contributed by atoms with Gasteiger partial charge < -0.3 is 34.9 Å². The third-order valence-corrected chi connectivity index (χ3v) is 7.16. The standard InChI is InChI=1S/C31H43N3O7/c1-20(35)34-24-13-11-21-18-27(39-3)30(40-4)31(41-5)29(21)22-12-14-25(26(36)19-23(22)24)32-15-8-6-7-10-28(37)33-16-9-17-38-2/h12,14,18-19,24H,6-11,13,15-17H2,1-5H3,(H,32,36)(H,33,37)(H,34,35). The molecule has 224 valence electrons. The van der Waals surface area contributed by atoms with Crippen LogP contribution in [-0.2, 0) is 20.7 Å². The first kappa shape index (κ1) is 31.7. The highest BCUT2D eigenvalue weighted by Crippen LogP contribution is 2.50. The van der Waals surface area contributed by atoms with E-state index in [0.29, 0.717) is 61.9 Å². The molecule has 10 heteroatoms. The fourth-order valence-corrected chi connectivity index (χ4v) is 5.20. The molecule has 3 N–H and O–H groups in total. The smallest absolute Gasteiger partial charge is 0.219 e. The highest BCUT2D eigenvalue weighted by Gasteiger charge is 2.29. The maximum atomic E-state index is 13.4. The second-order valence-corrected chi connectivity index (χ2v) is 10.0. The van der Waals surface area contributed by atoms with Crippen molar-refractivity contribution < 1.29 is 28.5 Å². The van der Waals surface area contributed by atoms with E-state index >= 15 is 0 Å². The number of anilines is 1. The average Bonchev–Trinajstić information content (AvgIpc) is 3.20. The summed E-state index contributed by atoms with van der Waals surface area (Å²) in [6, 6.07) is 6.87. The van der Waals surface area contributed by atoms with E-state index in [0.717, 1.165) is 47.9 Å². The summed E-state index contributed by atoms with van der Waals surface area (Å²) in [6.45, 7) is 3.32. The van der Waals surface area contributed by atoms with E-state index in [1.54, 1.807) is 40.6 Å². The molecule has 2 aromatic rings. The highest BCUT2D eigenvalue weighted by molar-refractivity contribution is 5.83. The Labute approximate surface area is 242 Å². The van der Waals surface area contributed by atoms with Gasteiger partial charge in [-0.15, -0.1) is 0 Å². The van der Waals surface area contributed by atoms with Crippen molar-refractivity contribution in [3.63, 3.8) is 0 Å². The maximum absolute atomic E-state index is 13.4. The third-order valence-electron chi connectivity index (χ3n) is 7.16. The molecule has 0 aromatic heterocycles. The molecule has 2 aromatic carbocycles. The van der Waals surface area contributed by atoms with Gasteiger partial charge in [0.05, 0.1) is 33.1 Å². The lowest BCUT2D eigenvalue weighted by molar-refractivity contribution is -0.121. The molecule has 0 bridgehead atoms. The van der Waals surface area contributed by atoms with Crippen molar-refractivity contribution in [1.29, 1.82) is 0 Å². The Balaban J connectivity index is 1.82. The molecule has 0 aliphatic heterocycles. The molecule has 1 aliphatic carbocycles. The monoisotopic (exact) mass is 569 g/mol. The van der Waals surface area contributed by atoms with E-state index in [1.165, 1.54) is 6.92 Å². The molecule has 1 aliphatic rings. The van der Waals surface area contributed by atoms with Gasteiger partial charge in [-0.1, -0.05) is 12.5 Å². The van der Waals surface area contributed by atoms with Crippen molar-refractivity contribution in [3.8, 4) is 28.4 Å². The summed E-state index contributed by atoms with van der Waals surface area (Å²) in [4.78, 5) is 37.4. The number of carbonyl (C=O) groups excluding carboxylic acids is 2. The fourth-order valence-electron chi connectivity index (χ4n) is 5.20. The van der Waals surface area contributed by atoms with Gasteiger partial charge in [-0.05, 0) is 67.0 Å². The average molecular weight is 570 g/mol. The zero-order chi connectivity index (χ0) is 29.8. The summed E-state index contributed by atoms with van der Waals surface area (Å²) >= 11 is 0. The van der Waals surface area contributed by atoms with Crippen molar-refractivity contribution in [2.75, 3.05) is 53.5 Å². The van der Waals surface area contributed by atoms with Crippen LogP contribution in [0.3, 0.4) is 0 Å². The van der Waals surface area contributed by atoms with Gasteiger partial charge in [-0.3, -0.25) is 14.4 Å². The molecule has 0 fully saturated rings. The van der Waals surface area contributed by atoms with E-state index < -0.39 is 0 Å². The number of unbranched alkanes of at least 4 members (excludes halogenated alkanes) is 2. The van der Waals surface area contributed by atoms with Crippen LogP contribution < -0.4 is 35.6 Å². The lowest BCUT2D eigenvalue weighted by Crippen LogP contribution is -2.26. The molecule has 1 atom stereocenters. The number of hydrogen-bond donors (Lipinski definition) is 3. The molecular weight excluding hydrogens is 526 g/mol. The number of aryl methyl sites for hydroxylation is 1. The van der Waals surface area contributed by atoms with E-state index in [9.17, 15) is 14.4 Å². The Morgan fingerprint density at radius 3 is 2.39 bits per heavy atom. The number of methoxy groups -OCH3 is 4. The number of ether oxygens (including phenoxy) is 4. The quantitative estimate of drug-likeness (QED) is 0.275. The van der Waals surface area contributed by atoms with Gasteiger partial charge in [-0.2, -0.15) is 0 Å². The van der Waals surface area contributed by atoms with Crippen molar-refractivity contribution in [1.82, 2.24) is 10.6 Å². The van der Waals surface area contributed by atoms with Crippen LogP contribution in [0.4, 0.5) is 5.69 Å². The zero-order valence-electron chi connectivity index (χ0n) is 24.8. The highest BCUT2D eigenvalue weighted by atomic mass is 16.5. The van der Waals surface area contributed by atoms with Gasteiger partial charge in [0, 0.05) is 45.7 Å². The first-order valence-corrected chi connectivity index (χ1v) is 14.1. The van der Waals surface area contributed by atoms with Crippen LogP contribution in [-0.4, -0.2) is 59.9 Å². The Morgan fingerprint density at radius 2 is 1.71 bits per heavy atom. The molecule has 0 heterocycles. The summed E-state index contributed by atoms with van der Waals surface area (Å²) in [5.74, 6) is 1.41. The third kappa shape index (κ3) is 8.36. The van der Waals surface area contributed by atoms with Crippen molar-refractivity contribution in [2.24, 2.45) is 0 Å². The lowest BCUT2D eigenvalue weighted by Gasteiger charge is -2.19. The predicted octanol–water partition coefficient (Wildman–Crippen LogP) is 3.99. The van der Waals surface area contributed by atoms with E-state index in [4.69, 9.17) is 18.9 Å². The molecule has 0 saturated carbocycles. The van der Waals surface area contributed by atoms with Gasteiger partial charge in [0.15, 0.2) is 11.5 Å². The van der Waals surface area contributed by atoms with Crippen molar-refractivity contribution in [3.05, 3.63) is 45.6 Å². The molecule has 0 saturated heterocycles. The molecule has 0 radical (unpaired) electrons. The van der Waals surface area contributed by atoms with Gasteiger partial charge in [-0.25, -0.2) is 0 Å². The molecule has 41 heavy (non-hydrogen) atoms. The van der Waals surface area contributed by atoms with Crippen molar-refractivity contribution >= 4 is 17.5 Å². The van der Waals surface area contributed by atoms with Gasteiger partial charge >= 0.3 is 0 Å². The van der Waals surface area contributed by atoms with Crippen molar-refractivity contribution in [2.45, 2.75) is 57.9 Å². The summed E-state index contributed by atoms with van der Waals surface area (Å²) in [6.07, 6.45) is 4.97. The first-order chi connectivity index (χ1) is 19.8. The summed E-state index contributed by atoms with van der Waals surface area (Å²) < 4.78 is 22.0. The van der Waals surface area contributed by atoms with Gasteiger partial charge in [0.25, 0.3) is 0 Å². The Hall–Kier alpha value is -3.79. The minimum atomic E-state index is -0.356. The van der Waals surface area contributed by atoms with Crippen LogP contribution in [0, 0.1) is 0 Å². The normalized spacial score (nSPS) is 13.7. The van der Waals surface area contributed by atoms with E-state index in [-0.39, 0.29) is 23.3 Å². The fraction of sp³-hybridized carbons (Fsp3) is 0.516. The molecule has 10 nitrogen and oxygen atoms in total. The molecule has 2 amide bonds. The van der Waals surface area contributed by atoms with Gasteiger partial charge in [0.1, 0.15) is 0 Å². The van der Waals surface area contributed by atoms with Crippen LogP contribution in [0.1, 0.15) is 62.6 Å². The minimum Gasteiger partial charge on any atom is -0.493 e. The number of rotatable bonds is 15. The second-order valence-electron chi connectivity index (χ2n) is 10.0. The summed E-state index contributed by atoms with van der Waals surface area (Å²) in [5, 5.41) is 9.18. The number of carbonyl (C=O) groups is 2. The zero-order valence-corrected chi connectivity index (χ0v) is 24.8. The number of amides is 2. The topological polar surface area (TPSA) is 124 Å². The Bertz CT molecular complexity index is 1270. The van der Waals surface area contributed by atoms with Crippen LogP contribution in [0.2, 0.25) is 0 Å². The Morgan fingerprint density at radius 1 is 0.927 bits per heavy atom. The van der Waals surface area contributed by atoms with Crippen LogP contribution in [0.25, 0.3) is 11.1 Å². The van der Waals surface area contributed by atoms with Crippen LogP contribution >= 0.6 is 0 Å². The number of fused-ring (bicyclic) bond motifs is 3. The molecular formula is C31H43N3O7. The Kier molecular flexibility index (Phi) is 12.3. The maximum Gasteiger partial charge on any atom is 0.219 e. The molecule has 1 unspecified atom stereocenters. The molecule has 0 spiro atoms. The number of nitrogens with one attached hydrogen (secondary N) is 3. The predicted molar refractivity (Wildman–Crippen MR) is 159 cm³/mol. The SMILES string of the molecule is COCCCNC(=O)CCCCCNc1ccc2c(cc1=O)C(NC(C)=O)CCc1cc(OC)c(OC)c(OC)c1-2.